The fourth-order valence-electron chi connectivity index (χ4n) is 2.52. The summed E-state index contributed by atoms with van der Waals surface area (Å²) in [5, 5.41) is 8.12. The first-order valence-electron chi connectivity index (χ1n) is 8.37. The summed E-state index contributed by atoms with van der Waals surface area (Å²) in [6.07, 6.45) is 3.83. The Bertz CT molecular complexity index is 929. The van der Waals surface area contributed by atoms with Gasteiger partial charge in [-0.1, -0.05) is 29.3 Å². The van der Waals surface area contributed by atoms with Crippen LogP contribution >= 0.6 is 23.2 Å². The van der Waals surface area contributed by atoms with Crippen molar-refractivity contribution in [3.8, 4) is 11.4 Å². The molecule has 27 heavy (non-hydrogen) atoms. The molecule has 2 aromatic carbocycles. The molecule has 8 heteroatoms. The van der Waals surface area contributed by atoms with Gasteiger partial charge in [0.05, 0.1) is 17.3 Å². The van der Waals surface area contributed by atoms with E-state index in [1.54, 1.807) is 24.3 Å². The van der Waals surface area contributed by atoms with E-state index >= 15 is 0 Å². The van der Waals surface area contributed by atoms with Crippen molar-refractivity contribution >= 4 is 34.8 Å². The van der Waals surface area contributed by atoms with E-state index < -0.39 is 0 Å². The molecule has 0 spiro atoms. The van der Waals surface area contributed by atoms with Crippen molar-refractivity contribution in [3.63, 3.8) is 0 Å². The molecule has 0 saturated heterocycles. The number of hydrogen-bond acceptors (Lipinski definition) is 4. The van der Waals surface area contributed by atoms with Crippen LogP contribution in [0.5, 0.6) is 5.75 Å². The van der Waals surface area contributed by atoms with E-state index in [4.69, 9.17) is 27.9 Å². The van der Waals surface area contributed by atoms with Crippen molar-refractivity contribution in [1.29, 1.82) is 0 Å². The second kappa shape index (κ2) is 8.88. The topological polar surface area (TPSA) is 69.0 Å². The van der Waals surface area contributed by atoms with Gasteiger partial charge in [0.1, 0.15) is 24.1 Å². The molecule has 140 valence electrons. The Balaban J connectivity index is 1.54. The van der Waals surface area contributed by atoms with Gasteiger partial charge in [-0.2, -0.15) is 5.10 Å². The third-order valence-corrected chi connectivity index (χ3v) is 4.58. The smallest absolute Gasteiger partial charge is 0.224 e. The first-order chi connectivity index (χ1) is 13.0. The minimum absolute atomic E-state index is 0.130. The molecule has 0 aliphatic carbocycles. The summed E-state index contributed by atoms with van der Waals surface area (Å²) in [5.74, 6) is 0.607. The third-order valence-electron chi connectivity index (χ3n) is 3.86. The van der Waals surface area contributed by atoms with Crippen LogP contribution in [0.1, 0.15) is 18.4 Å². The largest absolute Gasteiger partial charge is 0.494 e. The molecule has 1 aromatic heterocycles. The molecule has 0 atom stereocenters. The zero-order chi connectivity index (χ0) is 19.2. The van der Waals surface area contributed by atoms with Crippen molar-refractivity contribution in [2.75, 3.05) is 11.9 Å². The van der Waals surface area contributed by atoms with Gasteiger partial charge in [-0.15, -0.1) is 0 Å². The SMILES string of the molecule is Cc1cc(OCCCC(=O)Nc2cccc(Cl)c2-n2cncn2)ccc1Cl. The van der Waals surface area contributed by atoms with E-state index in [1.807, 2.05) is 19.1 Å². The van der Waals surface area contributed by atoms with Crippen LogP contribution in [0.15, 0.2) is 49.1 Å². The van der Waals surface area contributed by atoms with Gasteiger partial charge in [0, 0.05) is 11.4 Å². The summed E-state index contributed by atoms with van der Waals surface area (Å²) < 4.78 is 7.18. The number of rotatable bonds is 7. The van der Waals surface area contributed by atoms with Crippen molar-refractivity contribution in [2.45, 2.75) is 19.8 Å². The minimum atomic E-state index is -0.130. The summed E-state index contributed by atoms with van der Waals surface area (Å²) in [4.78, 5) is 16.2. The van der Waals surface area contributed by atoms with Crippen molar-refractivity contribution in [1.82, 2.24) is 14.8 Å². The summed E-state index contributed by atoms with van der Waals surface area (Å²) in [6, 6.07) is 10.8. The van der Waals surface area contributed by atoms with E-state index in [9.17, 15) is 4.79 Å². The molecule has 0 saturated carbocycles. The van der Waals surface area contributed by atoms with Crippen LogP contribution in [-0.4, -0.2) is 27.3 Å². The standard InChI is InChI=1S/C19H18Cl2N4O2/c1-13-10-14(7-8-15(13)20)27-9-3-6-18(26)24-17-5-2-4-16(21)19(17)25-12-22-11-23-25/h2,4-5,7-8,10-12H,3,6,9H2,1H3,(H,24,26). The van der Waals surface area contributed by atoms with Gasteiger partial charge in [0.25, 0.3) is 0 Å². The molecule has 1 N–H and O–H groups in total. The predicted molar refractivity (Wildman–Crippen MR) is 106 cm³/mol. The highest BCUT2D eigenvalue weighted by Crippen LogP contribution is 2.28. The average molecular weight is 405 g/mol. The number of para-hydroxylation sites is 1. The van der Waals surface area contributed by atoms with E-state index in [1.165, 1.54) is 17.3 Å². The summed E-state index contributed by atoms with van der Waals surface area (Å²) in [5.41, 5.74) is 2.11. The average Bonchev–Trinajstić information content (AvgIpc) is 3.16. The van der Waals surface area contributed by atoms with Gasteiger partial charge in [0.2, 0.25) is 5.91 Å². The lowest BCUT2D eigenvalue weighted by molar-refractivity contribution is -0.116. The van der Waals surface area contributed by atoms with Crippen LogP contribution in [0.3, 0.4) is 0 Å². The second-order valence-corrected chi connectivity index (χ2v) is 6.70. The van der Waals surface area contributed by atoms with Gasteiger partial charge < -0.3 is 10.1 Å². The summed E-state index contributed by atoms with van der Waals surface area (Å²) >= 11 is 12.2. The summed E-state index contributed by atoms with van der Waals surface area (Å²) in [7, 11) is 0. The predicted octanol–water partition coefficient (Wildman–Crippen LogP) is 4.68. The van der Waals surface area contributed by atoms with Gasteiger partial charge in [-0.05, 0) is 49.2 Å². The quantitative estimate of drug-likeness (QED) is 0.580. The number of benzene rings is 2. The van der Waals surface area contributed by atoms with E-state index in [0.717, 1.165) is 11.3 Å². The van der Waals surface area contributed by atoms with Gasteiger partial charge in [-0.3, -0.25) is 4.79 Å². The maximum Gasteiger partial charge on any atom is 0.224 e. The van der Waals surface area contributed by atoms with Gasteiger partial charge in [-0.25, -0.2) is 9.67 Å². The van der Waals surface area contributed by atoms with Gasteiger partial charge >= 0.3 is 0 Å². The number of anilines is 1. The molecule has 0 aliphatic rings. The molecule has 6 nitrogen and oxygen atoms in total. The highest BCUT2D eigenvalue weighted by Gasteiger charge is 2.12. The number of aryl methyl sites for hydroxylation is 1. The lowest BCUT2D eigenvalue weighted by Gasteiger charge is -2.12. The normalized spacial score (nSPS) is 10.6. The van der Waals surface area contributed by atoms with E-state index in [-0.39, 0.29) is 5.91 Å². The lowest BCUT2D eigenvalue weighted by atomic mass is 10.2. The van der Waals surface area contributed by atoms with Crippen LogP contribution in [0.4, 0.5) is 5.69 Å². The highest BCUT2D eigenvalue weighted by atomic mass is 35.5. The molecule has 0 radical (unpaired) electrons. The molecule has 3 aromatic rings. The number of amides is 1. The number of carbonyl (C=O) groups is 1. The first-order valence-corrected chi connectivity index (χ1v) is 9.12. The molecule has 0 unspecified atom stereocenters. The zero-order valence-electron chi connectivity index (χ0n) is 14.7. The Morgan fingerprint density at radius 2 is 2.07 bits per heavy atom. The second-order valence-electron chi connectivity index (χ2n) is 5.89. The molecule has 0 bridgehead atoms. The number of nitrogens with zero attached hydrogens (tertiary/aromatic N) is 3. The van der Waals surface area contributed by atoms with Crippen LogP contribution < -0.4 is 10.1 Å². The minimum Gasteiger partial charge on any atom is -0.494 e. The fourth-order valence-corrected chi connectivity index (χ4v) is 2.89. The fraction of sp³-hybridized carbons (Fsp3) is 0.211. The number of carbonyl (C=O) groups excluding carboxylic acids is 1. The number of hydrogen-bond donors (Lipinski definition) is 1. The Kier molecular flexibility index (Phi) is 6.32. The van der Waals surface area contributed by atoms with Crippen LogP contribution in [0.2, 0.25) is 10.0 Å². The molecule has 3 rings (SSSR count). The molecular weight excluding hydrogens is 387 g/mol. The van der Waals surface area contributed by atoms with Crippen molar-refractivity contribution < 1.29 is 9.53 Å². The first kappa shape index (κ1) is 19.2. The zero-order valence-corrected chi connectivity index (χ0v) is 16.2. The number of nitrogens with one attached hydrogen (secondary N) is 1. The molecule has 0 fully saturated rings. The van der Waals surface area contributed by atoms with Crippen LogP contribution in [0.25, 0.3) is 5.69 Å². The lowest BCUT2D eigenvalue weighted by Crippen LogP contribution is -2.15. The Labute approximate surface area is 167 Å². The number of halogens is 2. The molecule has 1 amide bonds. The molecule has 1 heterocycles. The monoisotopic (exact) mass is 404 g/mol. The molecule has 0 aliphatic heterocycles. The van der Waals surface area contributed by atoms with Gasteiger partial charge in [0.15, 0.2) is 0 Å². The Hall–Kier alpha value is -2.57. The molecular formula is C19H18Cl2N4O2. The van der Waals surface area contributed by atoms with E-state index in [0.29, 0.717) is 40.9 Å². The van der Waals surface area contributed by atoms with Crippen LogP contribution in [-0.2, 0) is 4.79 Å². The van der Waals surface area contributed by atoms with E-state index in [2.05, 4.69) is 15.4 Å². The number of aromatic nitrogens is 3. The van der Waals surface area contributed by atoms with Crippen molar-refractivity contribution in [2.24, 2.45) is 0 Å². The Morgan fingerprint density at radius 1 is 1.22 bits per heavy atom. The van der Waals surface area contributed by atoms with Crippen LogP contribution in [0, 0.1) is 6.92 Å². The maximum absolute atomic E-state index is 12.3. The summed E-state index contributed by atoms with van der Waals surface area (Å²) in [6.45, 7) is 2.35. The van der Waals surface area contributed by atoms with Crippen molar-refractivity contribution in [3.05, 3.63) is 64.7 Å². The third kappa shape index (κ3) is 4.99. The maximum atomic E-state index is 12.3. The number of ether oxygens (including phenoxy) is 1. The highest BCUT2D eigenvalue weighted by molar-refractivity contribution is 6.33. The Morgan fingerprint density at radius 3 is 2.81 bits per heavy atom.